The Hall–Kier alpha value is -3.00. The normalized spacial score (nSPS) is 12.4. The number of ether oxygens (including phenoxy) is 2. The molecule has 0 amide bonds. The van der Waals surface area contributed by atoms with Gasteiger partial charge in [0.25, 0.3) is 0 Å². The van der Waals surface area contributed by atoms with Crippen LogP contribution in [-0.4, -0.2) is 43.6 Å². The number of likely N-dealkylation sites (N-methyl/N-ethyl adjacent to an activating group) is 1. The maximum absolute atomic E-state index is 14.1. The smallest absolute Gasteiger partial charge is 0.168 e. The molecule has 5 nitrogen and oxygen atoms in total. The molecule has 0 saturated carbocycles. The lowest BCUT2D eigenvalue weighted by atomic mass is 10.0. The fourth-order valence-electron chi connectivity index (χ4n) is 4.33. The van der Waals surface area contributed by atoms with E-state index >= 15 is 0 Å². The van der Waals surface area contributed by atoms with Gasteiger partial charge in [0.05, 0.1) is 26.4 Å². The molecule has 0 aliphatic heterocycles. The fourth-order valence-corrected chi connectivity index (χ4v) is 4.33. The van der Waals surface area contributed by atoms with Gasteiger partial charge < -0.3 is 24.5 Å². The fraction of sp³-hybridized carbons (Fsp3) is 0.259. The van der Waals surface area contributed by atoms with Crippen molar-refractivity contribution < 1.29 is 19.0 Å². The SMILES string of the molecule is C.CNC[C@@H](O)[C@H](c1cccc(F)c1)n1cc(-c2cccc(OC)c2OC)c2ccccc21.S. The summed E-state index contributed by atoms with van der Waals surface area (Å²) in [4.78, 5) is 0. The Morgan fingerprint density at radius 1 is 0.971 bits per heavy atom. The third-order valence-electron chi connectivity index (χ3n) is 5.70. The quantitative estimate of drug-likeness (QED) is 0.352. The van der Waals surface area contributed by atoms with Crippen molar-refractivity contribution in [3.8, 4) is 22.6 Å². The highest BCUT2D eigenvalue weighted by Crippen LogP contribution is 2.42. The maximum atomic E-state index is 14.1. The molecule has 0 spiro atoms. The zero-order valence-electron chi connectivity index (χ0n) is 18.9. The van der Waals surface area contributed by atoms with E-state index in [0.717, 1.165) is 22.0 Å². The van der Waals surface area contributed by atoms with E-state index in [1.807, 2.05) is 59.3 Å². The first-order chi connectivity index (χ1) is 15.6. The highest BCUT2D eigenvalue weighted by Gasteiger charge is 2.26. The summed E-state index contributed by atoms with van der Waals surface area (Å²) in [6.07, 6.45) is 1.22. The van der Waals surface area contributed by atoms with E-state index in [9.17, 15) is 9.50 Å². The number of para-hydroxylation sites is 2. The van der Waals surface area contributed by atoms with Crippen LogP contribution >= 0.6 is 13.5 Å². The summed E-state index contributed by atoms with van der Waals surface area (Å²) < 4.78 is 27.3. The summed E-state index contributed by atoms with van der Waals surface area (Å²) in [6, 6.07) is 19.6. The van der Waals surface area contributed by atoms with Crippen molar-refractivity contribution in [1.82, 2.24) is 9.88 Å². The van der Waals surface area contributed by atoms with Gasteiger partial charge in [-0.1, -0.05) is 49.9 Å². The van der Waals surface area contributed by atoms with Crippen LogP contribution in [0, 0.1) is 5.82 Å². The molecular formula is C27H33FN2O3S. The number of aliphatic hydroxyl groups excluding tert-OH is 1. The molecule has 2 N–H and O–H groups in total. The van der Waals surface area contributed by atoms with E-state index in [0.29, 0.717) is 23.6 Å². The summed E-state index contributed by atoms with van der Waals surface area (Å²) >= 11 is 0. The molecule has 3 aromatic carbocycles. The number of hydrogen-bond acceptors (Lipinski definition) is 4. The Morgan fingerprint density at radius 3 is 2.38 bits per heavy atom. The Kier molecular flexibility index (Phi) is 9.55. The highest BCUT2D eigenvalue weighted by molar-refractivity contribution is 7.59. The van der Waals surface area contributed by atoms with Crippen LogP contribution in [0.3, 0.4) is 0 Å². The van der Waals surface area contributed by atoms with Gasteiger partial charge in [-0.3, -0.25) is 0 Å². The zero-order chi connectivity index (χ0) is 22.7. The third-order valence-corrected chi connectivity index (χ3v) is 5.70. The van der Waals surface area contributed by atoms with Gasteiger partial charge in [-0.25, -0.2) is 4.39 Å². The molecule has 1 aromatic heterocycles. The summed E-state index contributed by atoms with van der Waals surface area (Å²) in [5.41, 5.74) is 3.44. The van der Waals surface area contributed by atoms with Gasteiger partial charge in [0, 0.05) is 34.8 Å². The van der Waals surface area contributed by atoms with Crippen molar-refractivity contribution in [2.45, 2.75) is 19.6 Å². The first kappa shape index (κ1) is 27.2. The monoisotopic (exact) mass is 484 g/mol. The molecule has 0 unspecified atom stereocenters. The summed E-state index contributed by atoms with van der Waals surface area (Å²) in [5, 5.41) is 15.1. The Morgan fingerprint density at radius 2 is 1.71 bits per heavy atom. The van der Waals surface area contributed by atoms with E-state index in [-0.39, 0.29) is 26.7 Å². The molecule has 7 heteroatoms. The maximum Gasteiger partial charge on any atom is 0.168 e. The summed E-state index contributed by atoms with van der Waals surface area (Å²) in [6.45, 7) is 0.353. The molecule has 0 aliphatic rings. The molecule has 0 saturated heterocycles. The predicted octanol–water partition coefficient (Wildman–Crippen LogP) is 5.38. The van der Waals surface area contributed by atoms with Crippen molar-refractivity contribution in [1.29, 1.82) is 0 Å². The number of methoxy groups -OCH3 is 2. The second-order valence-electron chi connectivity index (χ2n) is 7.63. The Balaban J connectivity index is 0.00000204. The van der Waals surface area contributed by atoms with Crippen molar-refractivity contribution >= 4 is 24.4 Å². The van der Waals surface area contributed by atoms with Gasteiger partial charge in [0.1, 0.15) is 5.82 Å². The van der Waals surface area contributed by atoms with Crippen molar-refractivity contribution in [2.75, 3.05) is 27.8 Å². The lowest BCUT2D eigenvalue weighted by Crippen LogP contribution is -2.33. The Bertz CT molecular complexity index is 1230. The number of nitrogens with one attached hydrogen (secondary N) is 1. The minimum absolute atomic E-state index is 0. The second-order valence-corrected chi connectivity index (χ2v) is 7.63. The molecule has 34 heavy (non-hydrogen) atoms. The minimum Gasteiger partial charge on any atom is -0.493 e. The number of hydrogen-bond donors (Lipinski definition) is 2. The van der Waals surface area contributed by atoms with Crippen molar-refractivity contribution in [3.05, 3.63) is 84.3 Å². The van der Waals surface area contributed by atoms with Crippen LogP contribution in [0.5, 0.6) is 11.5 Å². The Labute approximate surface area is 207 Å². The highest BCUT2D eigenvalue weighted by atomic mass is 32.1. The molecule has 182 valence electrons. The van der Waals surface area contributed by atoms with Gasteiger partial charge >= 0.3 is 0 Å². The lowest BCUT2D eigenvalue weighted by Gasteiger charge is -2.26. The van der Waals surface area contributed by atoms with Gasteiger partial charge in [-0.2, -0.15) is 13.5 Å². The van der Waals surface area contributed by atoms with Crippen LogP contribution in [0.1, 0.15) is 19.0 Å². The molecule has 2 atom stereocenters. The zero-order valence-corrected chi connectivity index (χ0v) is 19.9. The third kappa shape index (κ3) is 5.06. The van der Waals surface area contributed by atoms with Crippen LogP contribution in [0.2, 0.25) is 0 Å². The van der Waals surface area contributed by atoms with Crippen LogP contribution in [-0.2, 0) is 0 Å². The minimum atomic E-state index is -0.780. The van der Waals surface area contributed by atoms with Gasteiger partial charge in [-0.05, 0) is 36.9 Å². The number of aromatic nitrogens is 1. The van der Waals surface area contributed by atoms with Crippen molar-refractivity contribution in [2.24, 2.45) is 0 Å². The van der Waals surface area contributed by atoms with Gasteiger partial charge in [-0.15, -0.1) is 0 Å². The van der Waals surface area contributed by atoms with Gasteiger partial charge in [0.15, 0.2) is 11.5 Å². The number of halogens is 1. The lowest BCUT2D eigenvalue weighted by molar-refractivity contribution is 0.132. The number of rotatable bonds is 8. The topological polar surface area (TPSA) is 55.7 Å². The number of benzene rings is 3. The number of fused-ring (bicyclic) bond motifs is 1. The molecule has 1 heterocycles. The van der Waals surface area contributed by atoms with Gasteiger partial charge in [0.2, 0.25) is 0 Å². The van der Waals surface area contributed by atoms with E-state index in [2.05, 4.69) is 5.32 Å². The van der Waals surface area contributed by atoms with E-state index in [1.165, 1.54) is 12.1 Å². The second kappa shape index (κ2) is 11.9. The number of nitrogens with zero attached hydrogens (tertiary/aromatic N) is 1. The molecule has 0 aliphatic carbocycles. The van der Waals surface area contributed by atoms with Crippen LogP contribution in [0.15, 0.2) is 72.9 Å². The van der Waals surface area contributed by atoms with E-state index in [1.54, 1.807) is 27.3 Å². The largest absolute Gasteiger partial charge is 0.493 e. The summed E-state index contributed by atoms with van der Waals surface area (Å²) in [5.74, 6) is 0.935. The average Bonchev–Trinajstić information content (AvgIpc) is 3.18. The first-order valence-electron chi connectivity index (χ1n) is 10.5. The van der Waals surface area contributed by atoms with Crippen LogP contribution < -0.4 is 14.8 Å². The molecule has 4 rings (SSSR count). The van der Waals surface area contributed by atoms with Crippen LogP contribution in [0.25, 0.3) is 22.0 Å². The first-order valence-corrected chi connectivity index (χ1v) is 10.5. The van der Waals surface area contributed by atoms with E-state index < -0.39 is 12.1 Å². The summed E-state index contributed by atoms with van der Waals surface area (Å²) in [7, 11) is 5.01. The standard InChI is InChI=1S/C26H27FN2O3.CH4.H2S/c1-28-15-23(30)25(17-8-6-9-18(27)14-17)29-16-21(19-10-4-5-12-22(19)29)20-11-7-13-24(31-2)26(20)32-3;;/h4-14,16,23,25,28,30H,15H2,1-3H3;1H4;1H2/t23-,25+;;/m1../s1. The number of aliphatic hydroxyl groups is 1. The molecule has 0 radical (unpaired) electrons. The predicted molar refractivity (Wildman–Crippen MR) is 142 cm³/mol. The van der Waals surface area contributed by atoms with E-state index in [4.69, 9.17) is 9.47 Å². The molecular weight excluding hydrogens is 451 g/mol. The molecule has 4 aromatic rings. The molecule has 0 bridgehead atoms. The van der Waals surface area contributed by atoms with Crippen molar-refractivity contribution in [3.63, 3.8) is 0 Å². The van der Waals surface area contributed by atoms with Crippen LogP contribution in [0.4, 0.5) is 4.39 Å². The average molecular weight is 485 g/mol. The molecule has 0 fully saturated rings.